The van der Waals surface area contributed by atoms with E-state index in [1.165, 1.54) is 23.0 Å². The molecule has 2 aromatic heterocycles. The second-order valence-corrected chi connectivity index (χ2v) is 10.7. The lowest BCUT2D eigenvalue weighted by Crippen LogP contribution is -2.47. The van der Waals surface area contributed by atoms with Crippen molar-refractivity contribution in [1.29, 1.82) is 0 Å². The first-order chi connectivity index (χ1) is 18.9. The van der Waals surface area contributed by atoms with Crippen LogP contribution in [0.5, 0.6) is 0 Å². The van der Waals surface area contributed by atoms with Crippen molar-refractivity contribution >= 4 is 56.0 Å². The summed E-state index contributed by atoms with van der Waals surface area (Å²) in [5, 5.41) is 16.9. The van der Waals surface area contributed by atoms with E-state index in [1.807, 2.05) is 38.1 Å². The number of H-pyrrole nitrogens is 1. The summed E-state index contributed by atoms with van der Waals surface area (Å²) in [5.74, 6) is -0.284. The van der Waals surface area contributed by atoms with Gasteiger partial charge in [0.25, 0.3) is 11.5 Å². The molecule has 212 valence electrons. The average molecular weight is 591 g/mol. The summed E-state index contributed by atoms with van der Waals surface area (Å²) in [6, 6.07) is 10.1. The number of halogens is 1. The first-order valence-corrected chi connectivity index (χ1v) is 13.8. The van der Waals surface area contributed by atoms with Crippen LogP contribution in [-0.4, -0.2) is 58.3 Å². The molecule has 7 N–H and O–H groups in total. The molecule has 0 fully saturated rings. The van der Waals surface area contributed by atoms with Gasteiger partial charge in [-0.2, -0.15) is 4.98 Å². The van der Waals surface area contributed by atoms with Crippen molar-refractivity contribution in [2.24, 2.45) is 5.14 Å². The first-order valence-electron chi connectivity index (χ1n) is 11.8. The number of aliphatic hydroxyl groups excluding tert-OH is 1. The number of nitrogens with two attached hydrogens (primary N) is 2. The van der Waals surface area contributed by atoms with E-state index in [1.54, 1.807) is 4.90 Å². The normalized spacial score (nSPS) is 14.9. The zero-order chi connectivity index (χ0) is 29.2. The Kier molecular flexibility index (Phi) is 8.41. The number of aromatic amines is 1. The van der Waals surface area contributed by atoms with E-state index < -0.39 is 10.0 Å². The van der Waals surface area contributed by atoms with Gasteiger partial charge in [0.1, 0.15) is 17.8 Å². The minimum absolute atomic E-state index is 0.0203. The first kappa shape index (κ1) is 29.0. The largest absolute Gasteiger partial charge is 0.394 e. The standard InChI is InChI=1S/C16H16ClN3O3S.C8H11N5O3/c1-9-5-3-4-6-14(9)20-10(2)19-13-8-12(17)15(24(18,22)23)7-11(13)16(20)21;9-8-11-6-5(7(15)12-8)10-3-13(6)4-16-2-1-14/h3-8,10,19H,1-2H3,(H2,18,22,23);3,14H,1-2,4H2,(H3,9,11,12,15). The predicted molar refractivity (Wildman–Crippen MR) is 149 cm³/mol. The SMILES string of the molecule is Cc1ccccc1N1C(=O)c2cc(S(N)(=O)=O)c(Cl)cc2NC1C.Nc1nc2c(ncn2COCCO)c(=O)[nH]1. The maximum Gasteiger partial charge on any atom is 0.280 e. The fraction of sp³-hybridized carbons (Fsp3) is 0.250. The van der Waals surface area contributed by atoms with Gasteiger partial charge in [0.05, 0.1) is 35.8 Å². The molecule has 4 aromatic rings. The summed E-state index contributed by atoms with van der Waals surface area (Å²) in [6.45, 7) is 4.05. The van der Waals surface area contributed by atoms with Crippen LogP contribution in [0.15, 0.2) is 52.4 Å². The van der Waals surface area contributed by atoms with Crippen LogP contribution in [0, 0.1) is 6.92 Å². The molecule has 14 nitrogen and oxygen atoms in total. The Morgan fingerprint density at radius 2 is 1.95 bits per heavy atom. The van der Waals surface area contributed by atoms with Gasteiger partial charge in [0.15, 0.2) is 11.2 Å². The molecule has 2 aromatic carbocycles. The number of fused-ring (bicyclic) bond motifs is 2. The molecule has 3 heterocycles. The molecule has 0 aliphatic carbocycles. The number of benzene rings is 2. The Morgan fingerprint density at radius 3 is 2.62 bits per heavy atom. The number of sulfonamides is 1. The van der Waals surface area contributed by atoms with E-state index in [4.69, 9.17) is 32.3 Å². The van der Waals surface area contributed by atoms with Crippen LogP contribution in [0.25, 0.3) is 11.2 Å². The van der Waals surface area contributed by atoms with Gasteiger partial charge in [-0.1, -0.05) is 29.8 Å². The number of anilines is 3. The number of nitrogens with one attached hydrogen (secondary N) is 2. The molecule has 40 heavy (non-hydrogen) atoms. The van der Waals surface area contributed by atoms with Crippen molar-refractivity contribution in [3.8, 4) is 0 Å². The van der Waals surface area contributed by atoms with Crippen molar-refractivity contribution < 1.29 is 23.1 Å². The number of carbonyl (C=O) groups excluding carboxylic acids is 1. The summed E-state index contributed by atoms with van der Waals surface area (Å²) in [7, 11) is -4.02. The van der Waals surface area contributed by atoms with Crippen LogP contribution in [0.4, 0.5) is 17.3 Å². The van der Waals surface area contributed by atoms with E-state index >= 15 is 0 Å². The molecule has 1 amide bonds. The van der Waals surface area contributed by atoms with Gasteiger partial charge in [0.2, 0.25) is 16.0 Å². The van der Waals surface area contributed by atoms with Gasteiger partial charge < -0.3 is 20.9 Å². The van der Waals surface area contributed by atoms with E-state index in [0.29, 0.717) is 11.3 Å². The third-order valence-corrected chi connectivity index (χ3v) is 7.29. The molecule has 0 saturated heterocycles. The number of hydrogen-bond acceptors (Lipinski definition) is 10. The number of aromatic nitrogens is 4. The quantitative estimate of drug-likeness (QED) is 0.203. The third-order valence-electron chi connectivity index (χ3n) is 5.91. The molecule has 1 atom stereocenters. The minimum atomic E-state index is -4.02. The third kappa shape index (κ3) is 5.93. The number of ether oxygens (including phenoxy) is 1. The Morgan fingerprint density at radius 1 is 1.23 bits per heavy atom. The number of nitrogens with zero attached hydrogens (tertiary/aromatic N) is 4. The summed E-state index contributed by atoms with van der Waals surface area (Å²) >= 11 is 6.00. The number of aryl methyl sites for hydroxylation is 1. The number of hydrogen-bond donors (Lipinski definition) is 5. The van der Waals surface area contributed by atoms with E-state index in [2.05, 4.69) is 20.3 Å². The Balaban J connectivity index is 0.000000201. The fourth-order valence-electron chi connectivity index (χ4n) is 4.11. The lowest BCUT2D eigenvalue weighted by molar-refractivity contribution is 0.0499. The monoisotopic (exact) mass is 590 g/mol. The van der Waals surface area contributed by atoms with Crippen LogP contribution in [-0.2, 0) is 21.5 Å². The average Bonchev–Trinajstić information content (AvgIpc) is 3.27. The topological polar surface area (TPSA) is 212 Å². The number of imidazole rings is 1. The highest BCUT2D eigenvalue weighted by atomic mass is 35.5. The van der Waals surface area contributed by atoms with Gasteiger partial charge in [-0.15, -0.1) is 0 Å². The maximum atomic E-state index is 13.0. The lowest BCUT2D eigenvalue weighted by atomic mass is 10.1. The predicted octanol–water partition coefficient (Wildman–Crippen LogP) is 1.38. The molecular formula is C24H27ClN8O6S. The Labute approximate surface area is 233 Å². The number of rotatable bonds is 6. The lowest BCUT2D eigenvalue weighted by Gasteiger charge is -2.37. The van der Waals surface area contributed by atoms with Crippen molar-refractivity contribution in [2.45, 2.75) is 31.6 Å². The van der Waals surface area contributed by atoms with Crippen molar-refractivity contribution in [1.82, 2.24) is 19.5 Å². The van der Waals surface area contributed by atoms with Crippen molar-refractivity contribution in [3.05, 3.63) is 69.2 Å². The molecule has 5 rings (SSSR count). The molecule has 1 aliphatic rings. The van der Waals surface area contributed by atoms with E-state index in [9.17, 15) is 18.0 Å². The summed E-state index contributed by atoms with van der Waals surface area (Å²) in [4.78, 5) is 35.9. The maximum absolute atomic E-state index is 13.0. The molecule has 16 heteroatoms. The van der Waals surface area contributed by atoms with Gasteiger partial charge in [-0.05, 0) is 37.6 Å². The summed E-state index contributed by atoms with van der Waals surface area (Å²) < 4.78 is 30.0. The number of aliphatic hydroxyl groups is 1. The van der Waals surface area contributed by atoms with Crippen LogP contribution >= 0.6 is 11.6 Å². The highest BCUT2D eigenvalue weighted by Gasteiger charge is 2.33. The number of amides is 1. The number of primary sulfonamides is 1. The molecule has 1 aliphatic heterocycles. The van der Waals surface area contributed by atoms with Crippen molar-refractivity contribution in [3.63, 3.8) is 0 Å². The van der Waals surface area contributed by atoms with Crippen LogP contribution in [0.3, 0.4) is 0 Å². The minimum Gasteiger partial charge on any atom is -0.394 e. The second-order valence-electron chi connectivity index (χ2n) is 8.75. The molecular weight excluding hydrogens is 564 g/mol. The molecule has 0 radical (unpaired) electrons. The molecule has 0 spiro atoms. The molecule has 1 unspecified atom stereocenters. The van der Waals surface area contributed by atoms with Gasteiger partial charge in [-0.25, -0.2) is 18.5 Å². The molecule has 0 saturated carbocycles. The number of para-hydroxylation sites is 1. The Hall–Kier alpha value is -4.02. The van der Waals surface area contributed by atoms with Crippen LogP contribution in [0.2, 0.25) is 5.02 Å². The fourth-order valence-corrected chi connectivity index (χ4v) is 5.21. The van der Waals surface area contributed by atoms with Gasteiger partial charge in [0, 0.05) is 5.69 Å². The van der Waals surface area contributed by atoms with Gasteiger partial charge >= 0.3 is 0 Å². The van der Waals surface area contributed by atoms with Crippen molar-refractivity contribution in [2.75, 3.05) is 29.2 Å². The highest BCUT2D eigenvalue weighted by Crippen LogP contribution is 2.35. The smallest absolute Gasteiger partial charge is 0.280 e. The molecule has 0 bridgehead atoms. The van der Waals surface area contributed by atoms with E-state index in [0.717, 1.165) is 11.3 Å². The number of carbonyl (C=O) groups is 1. The van der Waals surface area contributed by atoms with E-state index in [-0.39, 0.29) is 64.5 Å². The Bertz CT molecular complexity index is 1740. The zero-order valence-corrected chi connectivity index (χ0v) is 23.0. The second kappa shape index (κ2) is 11.6. The highest BCUT2D eigenvalue weighted by molar-refractivity contribution is 7.89. The summed E-state index contributed by atoms with van der Waals surface area (Å²) in [6.07, 6.45) is 1.12. The van der Waals surface area contributed by atoms with Crippen LogP contribution < -0.4 is 26.6 Å². The number of nitrogen functional groups attached to an aromatic ring is 1. The summed E-state index contributed by atoms with van der Waals surface area (Å²) in [5.41, 5.74) is 7.98. The van der Waals surface area contributed by atoms with Gasteiger partial charge in [-0.3, -0.25) is 24.0 Å². The zero-order valence-electron chi connectivity index (χ0n) is 21.5. The van der Waals surface area contributed by atoms with Crippen LogP contribution in [0.1, 0.15) is 22.8 Å².